The summed E-state index contributed by atoms with van der Waals surface area (Å²) in [7, 11) is 7.32. The highest BCUT2D eigenvalue weighted by Crippen LogP contribution is 2.61. The number of hydrogen-bond donors (Lipinski definition) is 4. The van der Waals surface area contributed by atoms with E-state index in [9.17, 15) is 18.9 Å². The van der Waals surface area contributed by atoms with E-state index < -0.39 is 5.20 Å². The zero-order valence-corrected chi connectivity index (χ0v) is 73.9. The molecule has 2 aromatic carbocycles. The first-order chi connectivity index (χ1) is 52.2. The van der Waals surface area contributed by atoms with Crippen molar-refractivity contribution in [2.24, 2.45) is 0 Å². The maximum Gasteiger partial charge on any atom is 0.373 e. The molecule has 0 saturated heterocycles. The van der Waals surface area contributed by atoms with Gasteiger partial charge in [0, 0.05) is 84.2 Å². The number of unbranched alkanes of at least 4 members (excludes halogenated alkanes) is 2. The lowest BCUT2D eigenvalue weighted by Crippen LogP contribution is -2.13. The SMILES string of the molecule is CC#N.CCC(=O)c1c(N)sc2c1CCCC2.CCCC#N.CCCCO.CNc1ccc(OC)cc1.COc1ccc(N(C)c2nc(C)nc3sc4c(c23)CCCC4)cc1.Cc1nc(Cl)c2c3c(sc2n1)CCCC3.Cc1nc2sc3c(c2c(=O)[nH]1)CCCC3.Cl.O=C1CCCCC1.O=C=O.O=C=O.O=P(Cl)(Cl)Cl.S. The maximum atomic E-state index is 11.8. The van der Waals surface area contributed by atoms with E-state index in [0.29, 0.717) is 36.2 Å². The summed E-state index contributed by atoms with van der Waals surface area (Å²) in [5.41, 5.74) is 14.4. The van der Waals surface area contributed by atoms with Crippen LogP contribution in [0.15, 0.2) is 53.3 Å². The van der Waals surface area contributed by atoms with Crippen LogP contribution < -0.4 is 31.0 Å². The van der Waals surface area contributed by atoms with Crippen LogP contribution in [0, 0.1) is 43.4 Å². The molecule has 5 aliphatic rings. The minimum atomic E-state index is -3.22. The second-order valence-corrected chi connectivity index (χ2v) is 36.2. The van der Waals surface area contributed by atoms with Crippen molar-refractivity contribution in [3.8, 4) is 23.6 Å². The highest BCUT2D eigenvalue weighted by Gasteiger charge is 2.26. The molecule has 9 aromatic rings. The second kappa shape index (κ2) is 56.4. The number of aliphatic hydroxyl groups is 1. The van der Waals surface area contributed by atoms with Crippen LogP contribution in [0.3, 0.4) is 0 Å². The van der Waals surface area contributed by atoms with Gasteiger partial charge in [0.2, 0.25) is 0 Å². The average molecular weight is 1740 g/mol. The Balaban J connectivity index is 0.000000641. The number of H-pyrrole nitrogens is 1. The van der Waals surface area contributed by atoms with Crippen molar-refractivity contribution in [1.29, 1.82) is 10.5 Å². The normalized spacial score (nSPS) is 12.8. The highest BCUT2D eigenvalue weighted by atomic mass is 36.0. The molecule has 0 aliphatic heterocycles. The molecule has 33 heteroatoms. The predicted octanol–water partition coefficient (Wildman–Crippen LogP) is 21.2. The number of fused-ring (bicyclic) bond motifs is 10. The second-order valence-electron chi connectivity index (χ2n) is 24.8. The Hall–Kier alpha value is -6.87. The van der Waals surface area contributed by atoms with Crippen molar-refractivity contribution in [1.82, 2.24) is 29.9 Å². The Kier molecular flexibility index (Phi) is 51.9. The van der Waals surface area contributed by atoms with Crippen LogP contribution in [-0.2, 0) is 79.9 Å². The number of aromatic amines is 1. The lowest BCUT2D eigenvalue weighted by molar-refractivity contribution is -0.193. The number of aliphatic hydroxyl groups excluding tert-OH is 1. The van der Waals surface area contributed by atoms with Gasteiger partial charge in [-0.15, -0.1) is 57.8 Å². The monoisotopic (exact) mass is 1740 g/mol. The number of Topliss-reactive ketones (excluding diaryl/α,β-unsaturated/α-hetero) is 2. The van der Waals surface area contributed by atoms with Gasteiger partial charge >= 0.3 is 17.5 Å². The summed E-state index contributed by atoms with van der Waals surface area (Å²) in [5.74, 6) is 5.76. The number of nitrogen functional groups attached to an aromatic ring is 1. The number of anilines is 4. The third-order valence-corrected chi connectivity index (χ3v) is 21.9. The van der Waals surface area contributed by atoms with E-state index >= 15 is 0 Å². The number of hydrogen-bond acceptors (Lipinski definition) is 25. The largest absolute Gasteiger partial charge is 0.497 e. The van der Waals surface area contributed by atoms with Crippen molar-refractivity contribution in [3.63, 3.8) is 0 Å². The number of nitrogens with two attached hydrogens (primary N) is 1. The Morgan fingerprint density at radius 2 is 1.03 bits per heavy atom. The highest BCUT2D eigenvalue weighted by molar-refractivity contribution is 8.24. The molecule has 1 saturated carbocycles. The smallest absolute Gasteiger partial charge is 0.373 e. The molecule has 0 bridgehead atoms. The zero-order chi connectivity index (χ0) is 81.0. The summed E-state index contributed by atoms with van der Waals surface area (Å²) >= 11 is 27.0. The first kappa shape index (κ1) is 102. The van der Waals surface area contributed by atoms with E-state index in [2.05, 4.69) is 90.0 Å². The van der Waals surface area contributed by atoms with Crippen LogP contribution in [0.1, 0.15) is 213 Å². The van der Waals surface area contributed by atoms with Gasteiger partial charge in [0.15, 0.2) is 5.78 Å². The molecule has 1 fully saturated rings. The lowest BCUT2D eigenvalue weighted by Gasteiger charge is -2.21. The van der Waals surface area contributed by atoms with Crippen LogP contribution in [0.5, 0.6) is 11.5 Å². The molecular formula is C78H103Cl5N11O11PS5. The van der Waals surface area contributed by atoms with Gasteiger partial charge in [0.25, 0.3) is 5.56 Å². The number of ether oxygens (including phenoxy) is 2. The molecule has 5 N–H and O–H groups in total. The first-order valence-corrected chi connectivity index (χ1v) is 44.2. The number of thiophene rings is 4. The van der Waals surface area contributed by atoms with Crippen LogP contribution in [0.2, 0.25) is 5.15 Å². The van der Waals surface area contributed by atoms with E-state index in [1.165, 1.54) is 125 Å². The van der Waals surface area contributed by atoms with E-state index in [1.54, 1.807) is 54.3 Å². The molecule has 0 amide bonds. The Morgan fingerprint density at radius 1 is 0.631 bits per heavy atom. The Labute approximate surface area is 700 Å². The topological polar surface area (TPSA) is 344 Å². The van der Waals surface area contributed by atoms with Gasteiger partial charge in [-0.1, -0.05) is 45.2 Å². The fourth-order valence-electron chi connectivity index (χ4n) is 11.9. The third kappa shape index (κ3) is 35.2. The number of methoxy groups -OCH3 is 2. The third-order valence-electron chi connectivity index (χ3n) is 17.0. The number of aryl methyl sites for hydroxylation is 10. The maximum absolute atomic E-state index is 11.8. The summed E-state index contributed by atoms with van der Waals surface area (Å²) in [4.78, 5) is 103. The van der Waals surface area contributed by atoms with Gasteiger partial charge in [-0.2, -0.15) is 43.2 Å². The molecule has 0 atom stereocenters. The van der Waals surface area contributed by atoms with Crippen molar-refractivity contribution >= 4 is 198 Å². The molecular weight excluding hydrogens is 1640 g/mol. The number of nitriles is 2. The molecule has 111 heavy (non-hydrogen) atoms. The number of aromatic nitrogens is 6. The van der Waals surface area contributed by atoms with Gasteiger partial charge in [-0.3, -0.25) is 18.9 Å². The number of carbonyl (C=O) groups excluding carboxylic acids is 6. The minimum absolute atomic E-state index is 0. The van der Waals surface area contributed by atoms with Crippen molar-refractivity contribution in [3.05, 3.63) is 129 Å². The number of benzene rings is 2. The number of carbonyl (C=O) groups is 2. The average Bonchev–Trinajstić information content (AvgIpc) is 1.65. The van der Waals surface area contributed by atoms with Gasteiger partial charge in [-0.25, -0.2) is 24.9 Å². The molecule has 0 radical (unpaired) electrons. The molecule has 22 nitrogen and oxygen atoms in total. The van der Waals surface area contributed by atoms with E-state index in [4.69, 9.17) is 71.6 Å². The van der Waals surface area contributed by atoms with Crippen LogP contribution in [0.25, 0.3) is 30.6 Å². The van der Waals surface area contributed by atoms with Gasteiger partial charge in [-0.05, 0) is 254 Å². The summed E-state index contributed by atoms with van der Waals surface area (Å²) in [6.45, 7) is 13.4. The molecule has 606 valence electrons. The molecule has 7 aromatic heterocycles. The Bertz CT molecular complexity index is 4530. The van der Waals surface area contributed by atoms with Crippen LogP contribution in [0.4, 0.5) is 22.2 Å². The standard InChI is InChI=1S/C19H21N3OS.C11H11ClN2S.C11H12N2OS.C11H15NOS.C8H11NO.C6H10O.C4H7N.C4H10O.C2H3N.2CO2.Cl3OP.ClH.H2S/c1-12-20-18(22(2)13-8-10-14(23-3)11-9-13)17-15-6-4-5-7-16(15)24-19(17)21-12;1-6-13-10(12)9-7-4-2-3-5-8(7)15-11(9)14-6;1-6-12-10(14)9-7-4-2-3-5-8(7)15-11(9)13-6;1-2-8(13)10-7-5-3-4-6-9(7)14-11(10)12;1-9-7-3-5-8(10-2)6-4-7;7-6-4-2-1-3-5-6;2*1-2-3-4-5;1-2-3;2*2-1-3;1-5(2,3)4;;/h8-11H,4-7H2,1-3H3;2-5H2,1H3;2-5H2,1H3,(H,12,13,14);2-6,12H2,1H3;3-6,9H,1-2H3;1-5H2;2-3H2,1H3;5H,2-4H2,1H3;1H3;;;;1H;1H2. The lowest BCUT2D eigenvalue weighted by atomic mass is 9.93. The van der Waals surface area contributed by atoms with E-state index in [1.807, 2.05) is 95.5 Å². The number of nitrogens with zero attached hydrogens (tertiary/aromatic N) is 8. The fraction of sp³-hybridized carbons (Fsp3) is 0.487. The number of ketones is 2. The summed E-state index contributed by atoms with van der Waals surface area (Å²) in [6, 6.07) is 19.7. The molecule has 0 unspecified atom stereocenters. The summed E-state index contributed by atoms with van der Waals surface area (Å²) < 4.78 is 19.8. The quantitative estimate of drug-likeness (QED) is 0.0561. The fourth-order valence-corrected chi connectivity index (χ4v) is 17.4. The van der Waals surface area contributed by atoms with E-state index in [0.717, 1.165) is 160 Å². The predicted molar refractivity (Wildman–Crippen MR) is 463 cm³/mol. The van der Waals surface area contributed by atoms with Gasteiger partial charge in [0.1, 0.15) is 60.2 Å². The minimum Gasteiger partial charge on any atom is -0.497 e. The molecule has 7 heterocycles. The van der Waals surface area contributed by atoms with Crippen LogP contribution in [-0.4, -0.2) is 93.8 Å². The van der Waals surface area contributed by atoms with Crippen molar-refractivity contribution in [2.45, 2.75) is 215 Å². The van der Waals surface area contributed by atoms with E-state index in [-0.39, 0.29) is 49.5 Å². The molecule has 0 spiro atoms. The number of nitrogens with one attached hydrogen (secondary N) is 2. The molecule has 5 aliphatic carbocycles. The van der Waals surface area contributed by atoms with Crippen molar-refractivity contribution < 1.29 is 47.9 Å². The van der Waals surface area contributed by atoms with Crippen molar-refractivity contribution in [2.75, 3.05) is 50.9 Å². The zero-order valence-electron chi connectivity index (χ0n) is 64.9. The number of rotatable bonds is 10. The number of halogens is 5. The van der Waals surface area contributed by atoms with Gasteiger partial charge < -0.3 is 35.5 Å². The first-order valence-electron chi connectivity index (χ1n) is 36.1. The van der Waals surface area contributed by atoms with Crippen LogP contribution >= 0.6 is 122 Å². The summed E-state index contributed by atoms with van der Waals surface area (Å²) in [6.07, 6.45) is 29.0. The summed E-state index contributed by atoms with van der Waals surface area (Å²) in [5, 5.41) is 27.6. The Morgan fingerprint density at radius 3 is 1.41 bits per heavy atom. The van der Waals surface area contributed by atoms with Gasteiger partial charge in [0.05, 0.1) is 53.1 Å². The molecule has 14 rings (SSSR count).